The van der Waals surface area contributed by atoms with E-state index in [2.05, 4.69) is 146 Å². The molecule has 0 heterocycles. The van der Waals surface area contributed by atoms with Crippen molar-refractivity contribution in [3.05, 3.63) is 179 Å². The SMILES string of the molecule is [Cl][Hf]([Cl])(=[C](c1ccccc1)c1ccccc1)([c]1cccc2c1Cc1ccccc1-2)[c]1cccc2c1Cc1ccccc1-2. The topological polar surface area (TPSA) is 0 Å². The molecule has 0 saturated heterocycles. The second-order valence-electron chi connectivity index (χ2n) is 11.5. The minimum absolute atomic E-state index is 0.833. The summed E-state index contributed by atoms with van der Waals surface area (Å²) in [5.41, 5.74) is 12.5. The molecule has 0 saturated carbocycles. The van der Waals surface area contributed by atoms with Crippen molar-refractivity contribution in [2.45, 2.75) is 12.8 Å². The van der Waals surface area contributed by atoms with Gasteiger partial charge in [0.05, 0.1) is 0 Å². The molecule has 0 aromatic heterocycles. The van der Waals surface area contributed by atoms with Crippen molar-refractivity contribution in [1.29, 1.82) is 0 Å². The summed E-state index contributed by atoms with van der Waals surface area (Å²) in [6, 6.07) is 52.0. The molecule has 2 aliphatic carbocycles. The van der Waals surface area contributed by atoms with E-state index in [9.17, 15) is 0 Å². The zero-order valence-corrected chi connectivity index (χ0v) is 28.1. The maximum atomic E-state index is 8.68. The van der Waals surface area contributed by atoms with E-state index in [4.69, 9.17) is 17.2 Å². The number of hydrogen-bond donors (Lipinski definition) is 0. The number of rotatable bonds is 4. The van der Waals surface area contributed by atoms with Crippen molar-refractivity contribution in [2.24, 2.45) is 0 Å². The van der Waals surface area contributed by atoms with Gasteiger partial charge in [0, 0.05) is 0 Å². The maximum absolute atomic E-state index is 8.68. The third kappa shape index (κ3) is 3.80. The van der Waals surface area contributed by atoms with E-state index in [1.807, 2.05) is 0 Å². The summed E-state index contributed by atoms with van der Waals surface area (Å²) in [7, 11) is 17.4. The Kier molecular flexibility index (Phi) is 6.16. The number of benzene rings is 6. The fourth-order valence-electron chi connectivity index (χ4n) is 7.43. The van der Waals surface area contributed by atoms with Crippen molar-refractivity contribution in [3.8, 4) is 22.3 Å². The molecule has 0 atom stereocenters. The van der Waals surface area contributed by atoms with E-state index < -0.39 is 15.7 Å². The number of halogens is 2. The number of hydrogen-bond acceptors (Lipinski definition) is 0. The van der Waals surface area contributed by atoms with Crippen LogP contribution in [0.25, 0.3) is 22.3 Å². The zero-order chi connectivity index (χ0) is 28.3. The first-order chi connectivity index (χ1) is 20.5. The average molecular weight is 746 g/mol. The first kappa shape index (κ1) is 26.3. The van der Waals surface area contributed by atoms with Gasteiger partial charge >= 0.3 is 257 Å². The molecular formula is C39H28Cl2Hf. The van der Waals surface area contributed by atoms with Gasteiger partial charge in [0.1, 0.15) is 0 Å². The molecule has 202 valence electrons. The van der Waals surface area contributed by atoms with Crippen LogP contribution in [0.3, 0.4) is 0 Å². The minimum atomic E-state index is -5.67. The van der Waals surface area contributed by atoms with Crippen LogP contribution in [0.15, 0.2) is 146 Å². The quantitative estimate of drug-likeness (QED) is 0.158. The molecule has 6 aromatic carbocycles. The third-order valence-corrected chi connectivity index (χ3v) is 34.4. The molecule has 0 bridgehead atoms. The van der Waals surface area contributed by atoms with Crippen LogP contribution in [0.4, 0.5) is 0 Å². The molecule has 0 radical (unpaired) electrons. The summed E-state index contributed by atoms with van der Waals surface area (Å²) in [6.07, 6.45) is 1.67. The molecule has 0 spiro atoms. The second-order valence-corrected chi connectivity index (χ2v) is 38.4. The van der Waals surface area contributed by atoms with Crippen LogP contribution in [-0.2, 0) is 28.5 Å². The van der Waals surface area contributed by atoms with Crippen LogP contribution >= 0.6 is 17.2 Å². The summed E-state index contributed by atoms with van der Waals surface area (Å²) in [5.74, 6) is 0. The Labute approximate surface area is 255 Å². The van der Waals surface area contributed by atoms with E-state index in [1.165, 1.54) is 44.5 Å². The summed E-state index contributed by atoms with van der Waals surface area (Å²) in [4.78, 5) is 0. The standard InChI is InChI=1S/2C13H9.C13H10.2ClH.Hf/c2*1-3-7-12-10(5-1)9-11-6-2-4-8-13(11)12;1-3-7-12(8-4-1)11-13-9-5-2-6-10-13;;;/h2*1-5,7-8H,9H2;1-10H;2*1H;/q;;;;;+2/p-2. The molecule has 6 aromatic rings. The van der Waals surface area contributed by atoms with Crippen LogP contribution in [0.2, 0.25) is 0 Å². The van der Waals surface area contributed by atoms with Gasteiger partial charge in [-0.25, -0.2) is 0 Å². The molecular weight excluding hydrogens is 718 g/mol. The predicted molar refractivity (Wildman–Crippen MR) is 176 cm³/mol. The summed E-state index contributed by atoms with van der Waals surface area (Å²) >= 11 is -5.67. The van der Waals surface area contributed by atoms with Crippen molar-refractivity contribution < 1.29 is 15.7 Å². The van der Waals surface area contributed by atoms with Gasteiger partial charge in [-0.2, -0.15) is 0 Å². The van der Waals surface area contributed by atoms with Gasteiger partial charge in [0.2, 0.25) is 0 Å². The molecule has 0 N–H and O–H groups in total. The van der Waals surface area contributed by atoms with E-state index >= 15 is 0 Å². The number of fused-ring (bicyclic) bond motifs is 6. The fourth-order valence-corrected chi connectivity index (χ4v) is 32.8. The van der Waals surface area contributed by atoms with E-state index in [1.54, 1.807) is 0 Å². The van der Waals surface area contributed by atoms with E-state index in [-0.39, 0.29) is 0 Å². The Morgan fingerprint density at radius 1 is 0.405 bits per heavy atom. The van der Waals surface area contributed by atoms with Gasteiger partial charge in [-0.05, 0) is 0 Å². The van der Waals surface area contributed by atoms with Gasteiger partial charge < -0.3 is 0 Å². The van der Waals surface area contributed by atoms with Crippen molar-refractivity contribution in [1.82, 2.24) is 0 Å². The van der Waals surface area contributed by atoms with Crippen molar-refractivity contribution >= 4 is 27.0 Å². The van der Waals surface area contributed by atoms with Crippen LogP contribution in [0.5, 0.6) is 0 Å². The van der Waals surface area contributed by atoms with Gasteiger partial charge in [-0.3, -0.25) is 0 Å². The van der Waals surface area contributed by atoms with Crippen LogP contribution < -0.4 is 6.64 Å². The monoisotopic (exact) mass is 746 g/mol. The Morgan fingerprint density at radius 3 is 1.24 bits per heavy atom. The van der Waals surface area contributed by atoms with Crippen LogP contribution in [0.1, 0.15) is 33.4 Å². The average Bonchev–Trinajstić information content (AvgIpc) is 3.60. The Bertz CT molecular complexity index is 1940. The summed E-state index contributed by atoms with van der Waals surface area (Å²) in [6.45, 7) is 0. The molecule has 8 rings (SSSR count). The molecule has 0 unspecified atom stereocenters. The molecule has 3 heteroatoms. The van der Waals surface area contributed by atoms with Crippen LogP contribution in [-0.4, -0.2) is 3.26 Å². The van der Waals surface area contributed by atoms with Gasteiger partial charge in [-0.1, -0.05) is 0 Å². The van der Waals surface area contributed by atoms with Gasteiger partial charge in [0.15, 0.2) is 0 Å². The van der Waals surface area contributed by atoms with Gasteiger partial charge in [-0.15, -0.1) is 0 Å². The first-order valence-corrected chi connectivity index (χ1v) is 28.8. The molecule has 0 nitrogen and oxygen atoms in total. The van der Waals surface area contributed by atoms with E-state index in [0.29, 0.717) is 0 Å². The Morgan fingerprint density at radius 2 is 0.786 bits per heavy atom. The summed E-state index contributed by atoms with van der Waals surface area (Å²) < 4.78 is 3.36. The first-order valence-electron chi connectivity index (χ1n) is 14.5. The zero-order valence-electron chi connectivity index (χ0n) is 23.0. The Balaban J connectivity index is 1.58. The van der Waals surface area contributed by atoms with Crippen molar-refractivity contribution in [2.75, 3.05) is 0 Å². The van der Waals surface area contributed by atoms with Crippen LogP contribution in [0, 0.1) is 0 Å². The normalized spacial score (nSPS) is 13.2. The van der Waals surface area contributed by atoms with Crippen molar-refractivity contribution in [3.63, 3.8) is 0 Å². The Hall–Kier alpha value is -3.36. The second kappa shape index (κ2) is 9.85. The molecule has 0 amide bonds. The molecule has 0 fully saturated rings. The molecule has 0 aliphatic heterocycles. The summed E-state index contributed by atoms with van der Waals surface area (Å²) in [5, 5.41) is 0. The molecule has 42 heavy (non-hydrogen) atoms. The predicted octanol–water partition coefficient (Wildman–Crippen LogP) is 9.05. The third-order valence-electron chi connectivity index (χ3n) is 9.21. The molecule has 2 aliphatic rings. The fraction of sp³-hybridized carbons (Fsp3) is 0.0513. The van der Waals surface area contributed by atoms with Gasteiger partial charge in [0.25, 0.3) is 0 Å². The van der Waals surface area contributed by atoms with E-state index in [0.717, 1.165) is 33.9 Å².